The number of carbonyl (C=O) groups excluding carboxylic acids is 1. The zero-order chi connectivity index (χ0) is 20.3. The summed E-state index contributed by atoms with van der Waals surface area (Å²) < 4.78 is 3.14. The molecule has 9 heteroatoms. The maximum absolute atomic E-state index is 10.5. The van der Waals surface area contributed by atoms with Crippen LogP contribution < -0.4 is 0 Å². The molecule has 0 saturated carbocycles. The number of aldehydes is 1. The van der Waals surface area contributed by atoms with E-state index in [2.05, 4.69) is 26.7 Å². The van der Waals surface area contributed by atoms with E-state index in [0.29, 0.717) is 40.4 Å². The van der Waals surface area contributed by atoms with E-state index in [1.165, 1.54) is 4.52 Å². The fraction of sp³-hybridized carbons (Fsp3) is 0.105. The molecule has 0 bridgehead atoms. The van der Waals surface area contributed by atoms with Gasteiger partial charge in [-0.25, -0.2) is 19.0 Å². The van der Waals surface area contributed by atoms with Gasteiger partial charge in [-0.1, -0.05) is 6.58 Å². The first-order valence-corrected chi connectivity index (χ1v) is 8.13. The molecule has 0 radical (unpaired) electrons. The third-order valence-corrected chi connectivity index (χ3v) is 3.99. The number of aromatic nitrogens is 6. The SMILES string of the molecule is C=Cc1ccc2nc(C#N)c(C)n2n1.Cc1c(C#N)nc2ccc(C=O)nn12. The van der Waals surface area contributed by atoms with Crippen molar-refractivity contribution in [1.82, 2.24) is 29.2 Å². The summed E-state index contributed by atoms with van der Waals surface area (Å²) in [6.07, 6.45) is 2.32. The normalized spacial score (nSPS) is 10.0. The van der Waals surface area contributed by atoms with Crippen molar-refractivity contribution >= 4 is 23.7 Å². The molecule has 0 aliphatic rings. The zero-order valence-corrected chi connectivity index (χ0v) is 15.2. The maximum Gasteiger partial charge on any atom is 0.170 e. The van der Waals surface area contributed by atoms with Crippen molar-refractivity contribution in [3.05, 3.63) is 65.0 Å². The molecular weight excluding hydrogens is 356 g/mol. The summed E-state index contributed by atoms with van der Waals surface area (Å²) in [5.74, 6) is 0. The molecule has 0 fully saturated rings. The van der Waals surface area contributed by atoms with Crippen LogP contribution in [0.3, 0.4) is 0 Å². The van der Waals surface area contributed by atoms with Gasteiger partial charge in [0.25, 0.3) is 0 Å². The van der Waals surface area contributed by atoms with E-state index in [0.717, 1.165) is 11.4 Å². The number of fused-ring (bicyclic) bond motifs is 2. The molecule has 0 N–H and O–H groups in total. The average Bonchev–Trinajstić information content (AvgIpc) is 3.24. The van der Waals surface area contributed by atoms with Gasteiger partial charge in [-0.05, 0) is 44.2 Å². The Hall–Kier alpha value is -4.37. The molecule has 0 aliphatic carbocycles. The van der Waals surface area contributed by atoms with Crippen molar-refractivity contribution in [3.8, 4) is 12.1 Å². The first-order valence-electron chi connectivity index (χ1n) is 8.13. The number of nitrogens with zero attached hydrogens (tertiary/aromatic N) is 8. The number of rotatable bonds is 2. The Labute approximate surface area is 159 Å². The standard InChI is InChI=1S/C10H8N4.C9H6N4O/c1-3-8-4-5-10-12-9(6-11)7(2)14(10)13-8;1-6-8(4-10)11-9-3-2-7(5-14)12-13(6)9/h3-5H,1H2,2H3;2-3,5H,1H3. The van der Waals surface area contributed by atoms with Gasteiger partial charge in [0, 0.05) is 0 Å². The third kappa shape index (κ3) is 3.20. The van der Waals surface area contributed by atoms with Crippen LogP contribution >= 0.6 is 0 Å². The molecule has 136 valence electrons. The number of nitriles is 2. The second-order valence-electron chi connectivity index (χ2n) is 5.69. The van der Waals surface area contributed by atoms with Gasteiger partial charge < -0.3 is 0 Å². The van der Waals surface area contributed by atoms with Crippen LogP contribution in [0.25, 0.3) is 17.4 Å². The molecule has 0 aliphatic heterocycles. The van der Waals surface area contributed by atoms with Crippen molar-refractivity contribution < 1.29 is 4.79 Å². The largest absolute Gasteiger partial charge is 0.296 e. The second-order valence-corrected chi connectivity index (χ2v) is 5.69. The van der Waals surface area contributed by atoms with Gasteiger partial charge in [-0.3, -0.25) is 4.79 Å². The first kappa shape index (κ1) is 18.4. The van der Waals surface area contributed by atoms with Crippen LogP contribution in [0.4, 0.5) is 0 Å². The van der Waals surface area contributed by atoms with E-state index >= 15 is 0 Å². The van der Waals surface area contributed by atoms with Gasteiger partial charge in [0.1, 0.15) is 17.8 Å². The van der Waals surface area contributed by atoms with E-state index in [-0.39, 0.29) is 0 Å². The van der Waals surface area contributed by atoms with E-state index in [4.69, 9.17) is 10.5 Å². The van der Waals surface area contributed by atoms with Gasteiger partial charge in [0.2, 0.25) is 0 Å². The quantitative estimate of drug-likeness (QED) is 0.495. The Bertz CT molecular complexity index is 1200. The van der Waals surface area contributed by atoms with Crippen LogP contribution in [-0.2, 0) is 0 Å². The fourth-order valence-electron chi connectivity index (χ4n) is 2.50. The molecule has 0 spiro atoms. The summed E-state index contributed by atoms with van der Waals surface area (Å²) in [6, 6.07) is 10.8. The van der Waals surface area contributed by atoms with Gasteiger partial charge in [0.15, 0.2) is 29.0 Å². The summed E-state index contributed by atoms with van der Waals surface area (Å²) in [5.41, 5.74) is 4.50. The maximum atomic E-state index is 10.5. The zero-order valence-electron chi connectivity index (χ0n) is 15.2. The molecule has 28 heavy (non-hydrogen) atoms. The van der Waals surface area contributed by atoms with Crippen LogP contribution in [0.15, 0.2) is 30.8 Å². The van der Waals surface area contributed by atoms with Crippen molar-refractivity contribution in [2.75, 3.05) is 0 Å². The van der Waals surface area contributed by atoms with Crippen molar-refractivity contribution in [2.45, 2.75) is 13.8 Å². The lowest BCUT2D eigenvalue weighted by molar-refractivity contribution is 0.111. The van der Waals surface area contributed by atoms with Crippen molar-refractivity contribution in [1.29, 1.82) is 10.5 Å². The molecule has 0 atom stereocenters. The molecule has 4 aromatic rings. The lowest BCUT2D eigenvalue weighted by Gasteiger charge is -1.95. The van der Waals surface area contributed by atoms with Crippen LogP contribution in [-0.4, -0.2) is 35.5 Å². The molecule has 0 amide bonds. The number of hydrogen-bond donors (Lipinski definition) is 0. The molecule has 4 aromatic heterocycles. The Morgan fingerprint density at radius 1 is 0.893 bits per heavy atom. The minimum Gasteiger partial charge on any atom is -0.296 e. The highest BCUT2D eigenvalue weighted by molar-refractivity contribution is 5.72. The highest BCUT2D eigenvalue weighted by atomic mass is 16.1. The topological polar surface area (TPSA) is 125 Å². The summed E-state index contributed by atoms with van der Waals surface area (Å²) in [4.78, 5) is 18.6. The van der Waals surface area contributed by atoms with Crippen LogP contribution in [0.1, 0.15) is 39.0 Å². The number of carbonyl (C=O) groups is 1. The third-order valence-electron chi connectivity index (χ3n) is 3.99. The molecule has 4 rings (SSSR count). The van der Waals surface area contributed by atoms with E-state index in [9.17, 15) is 4.79 Å². The van der Waals surface area contributed by atoms with Crippen molar-refractivity contribution in [2.24, 2.45) is 0 Å². The number of hydrogen-bond acceptors (Lipinski definition) is 7. The predicted octanol–water partition coefficient (Wildman–Crippen LogP) is 2.27. The highest BCUT2D eigenvalue weighted by Gasteiger charge is 2.09. The number of imidazole rings is 2. The van der Waals surface area contributed by atoms with E-state index in [1.54, 1.807) is 29.6 Å². The predicted molar refractivity (Wildman–Crippen MR) is 100 cm³/mol. The van der Waals surface area contributed by atoms with Crippen LogP contribution in [0.5, 0.6) is 0 Å². The molecule has 0 saturated heterocycles. The number of aryl methyl sites for hydroxylation is 2. The van der Waals surface area contributed by atoms with Gasteiger partial charge in [-0.15, -0.1) is 0 Å². The smallest absolute Gasteiger partial charge is 0.170 e. The Morgan fingerprint density at radius 2 is 1.36 bits per heavy atom. The van der Waals surface area contributed by atoms with Crippen LogP contribution in [0, 0.1) is 36.5 Å². The first-order chi connectivity index (χ1) is 13.5. The summed E-state index contributed by atoms with van der Waals surface area (Å²) in [7, 11) is 0. The summed E-state index contributed by atoms with van der Waals surface area (Å²) in [6.45, 7) is 7.19. The minimum atomic E-state index is 0.322. The molecule has 0 aromatic carbocycles. The lowest BCUT2D eigenvalue weighted by atomic mass is 10.4. The van der Waals surface area contributed by atoms with Crippen molar-refractivity contribution in [3.63, 3.8) is 0 Å². The molecule has 9 nitrogen and oxygen atoms in total. The van der Waals surface area contributed by atoms with E-state index < -0.39 is 0 Å². The van der Waals surface area contributed by atoms with Gasteiger partial charge in [0.05, 0.1) is 17.1 Å². The average molecular weight is 370 g/mol. The minimum absolute atomic E-state index is 0.322. The Kier molecular flexibility index (Phi) is 4.92. The van der Waals surface area contributed by atoms with Gasteiger partial charge in [-0.2, -0.15) is 20.7 Å². The molecular formula is C19H14N8O. The monoisotopic (exact) mass is 370 g/mol. The summed E-state index contributed by atoms with van der Waals surface area (Å²) in [5, 5.41) is 25.7. The second kappa shape index (κ2) is 7.48. The molecule has 0 unspecified atom stereocenters. The van der Waals surface area contributed by atoms with Crippen LogP contribution in [0.2, 0.25) is 0 Å². The lowest BCUT2D eigenvalue weighted by Crippen LogP contribution is -1.98. The Morgan fingerprint density at radius 3 is 1.79 bits per heavy atom. The highest BCUT2D eigenvalue weighted by Crippen LogP contribution is 2.10. The Balaban J connectivity index is 0.000000161. The fourth-order valence-corrected chi connectivity index (χ4v) is 2.50. The molecule has 4 heterocycles. The van der Waals surface area contributed by atoms with E-state index in [1.807, 2.05) is 31.2 Å². The van der Waals surface area contributed by atoms with Gasteiger partial charge >= 0.3 is 0 Å². The summed E-state index contributed by atoms with van der Waals surface area (Å²) >= 11 is 0.